The van der Waals surface area contributed by atoms with Crippen LogP contribution in [0.2, 0.25) is 0 Å². The van der Waals surface area contributed by atoms with Crippen molar-refractivity contribution in [1.29, 1.82) is 0 Å². The van der Waals surface area contributed by atoms with Gasteiger partial charge in [-0.25, -0.2) is 0 Å². The summed E-state index contributed by atoms with van der Waals surface area (Å²) < 4.78 is 15.0. The molecule has 5 nitrogen and oxygen atoms in total. The summed E-state index contributed by atoms with van der Waals surface area (Å²) in [5, 5.41) is 0. The van der Waals surface area contributed by atoms with E-state index >= 15 is 0 Å². The number of carbonyl (C=O) groups excluding carboxylic acids is 2. The normalized spacial score (nSPS) is 17.6. The Morgan fingerprint density at radius 3 is 2.37 bits per heavy atom. The molecule has 0 unspecified atom stereocenters. The van der Waals surface area contributed by atoms with Crippen molar-refractivity contribution in [1.82, 2.24) is 0 Å². The molecule has 19 heavy (non-hydrogen) atoms. The van der Waals surface area contributed by atoms with E-state index in [0.29, 0.717) is 29.9 Å². The van der Waals surface area contributed by atoms with Crippen molar-refractivity contribution in [2.45, 2.75) is 12.8 Å². The Labute approximate surface area is 111 Å². The number of aryl methyl sites for hydroxylation is 1. The molecule has 1 aromatic rings. The maximum atomic E-state index is 12.3. The molecule has 0 bridgehead atoms. The Hall–Kier alpha value is -2.04. The van der Waals surface area contributed by atoms with Crippen LogP contribution in [0.5, 0.6) is 11.5 Å². The zero-order valence-electron chi connectivity index (χ0n) is 11.2. The van der Waals surface area contributed by atoms with E-state index in [2.05, 4.69) is 4.74 Å². The molecular formula is C14H16O5. The van der Waals surface area contributed by atoms with Gasteiger partial charge in [-0.2, -0.15) is 0 Å². The first-order valence-electron chi connectivity index (χ1n) is 5.99. The van der Waals surface area contributed by atoms with Crippen molar-refractivity contribution in [2.75, 3.05) is 21.3 Å². The number of ether oxygens (including phenoxy) is 3. The number of hydrogen-bond donors (Lipinski definition) is 0. The highest BCUT2D eigenvalue weighted by Gasteiger charge is 2.34. The second kappa shape index (κ2) is 5.30. The smallest absolute Gasteiger partial charge is 0.316 e. The van der Waals surface area contributed by atoms with Gasteiger partial charge in [-0.05, 0) is 30.5 Å². The van der Waals surface area contributed by atoms with Crippen LogP contribution >= 0.6 is 0 Å². The maximum absolute atomic E-state index is 12.3. The van der Waals surface area contributed by atoms with Crippen LogP contribution in [-0.4, -0.2) is 33.1 Å². The van der Waals surface area contributed by atoms with Crippen LogP contribution in [0.1, 0.15) is 22.3 Å². The van der Waals surface area contributed by atoms with E-state index in [9.17, 15) is 9.59 Å². The van der Waals surface area contributed by atoms with Gasteiger partial charge in [0, 0.05) is 5.56 Å². The molecule has 1 aromatic carbocycles. The molecule has 0 amide bonds. The van der Waals surface area contributed by atoms with Gasteiger partial charge in [0.05, 0.1) is 21.3 Å². The number of hydrogen-bond acceptors (Lipinski definition) is 5. The summed E-state index contributed by atoms with van der Waals surface area (Å²) in [6.07, 6.45) is 1.11. The van der Waals surface area contributed by atoms with Gasteiger partial charge in [-0.15, -0.1) is 0 Å². The lowest BCUT2D eigenvalue weighted by Crippen LogP contribution is -2.30. The molecule has 0 aromatic heterocycles. The monoisotopic (exact) mass is 264 g/mol. The number of ketones is 1. The molecule has 2 rings (SSSR count). The van der Waals surface area contributed by atoms with Crippen LogP contribution in [0.15, 0.2) is 12.1 Å². The molecule has 0 heterocycles. The maximum Gasteiger partial charge on any atom is 0.316 e. The average Bonchev–Trinajstić information content (AvgIpc) is 2.45. The molecule has 102 valence electrons. The van der Waals surface area contributed by atoms with Crippen LogP contribution in [0.3, 0.4) is 0 Å². The SMILES string of the molecule is COC(=O)[C@@H]1CCc2cc(OC)c(OC)cc2C1=O. The predicted molar refractivity (Wildman–Crippen MR) is 67.7 cm³/mol. The minimum atomic E-state index is -0.712. The van der Waals surface area contributed by atoms with Gasteiger partial charge >= 0.3 is 5.97 Å². The molecule has 1 atom stereocenters. The number of rotatable bonds is 3. The Balaban J connectivity index is 2.43. The fourth-order valence-electron chi connectivity index (χ4n) is 2.34. The largest absolute Gasteiger partial charge is 0.493 e. The van der Waals surface area contributed by atoms with E-state index in [-0.39, 0.29) is 5.78 Å². The van der Waals surface area contributed by atoms with Crippen LogP contribution in [0.25, 0.3) is 0 Å². The molecule has 0 spiro atoms. The lowest BCUT2D eigenvalue weighted by atomic mass is 9.82. The Morgan fingerprint density at radius 1 is 1.16 bits per heavy atom. The van der Waals surface area contributed by atoms with Gasteiger partial charge in [0.15, 0.2) is 17.3 Å². The van der Waals surface area contributed by atoms with Crippen LogP contribution in [-0.2, 0) is 16.0 Å². The zero-order chi connectivity index (χ0) is 14.0. The number of fused-ring (bicyclic) bond motifs is 1. The van der Waals surface area contributed by atoms with Gasteiger partial charge in [0.1, 0.15) is 5.92 Å². The van der Waals surface area contributed by atoms with Crippen molar-refractivity contribution in [2.24, 2.45) is 5.92 Å². The van der Waals surface area contributed by atoms with E-state index in [4.69, 9.17) is 9.47 Å². The van der Waals surface area contributed by atoms with E-state index in [0.717, 1.165) is 5.56 Å². The summed E-state index contributed by atoms with van der Waals surface area (Å²) in [6, 6.07) is 3.42. The minimum absolute atomic E-state index is 0.214. The third-order valence-electron chi connectivity index (χ3n) is 3.38. The van der Waals surface area contributed by atoms with Crippen molar-refractivity contribution in [3.05, 3.63) is 23.3 Å². The highest BCUT2D eigenvalue weighted by atomic mass is 16.5. The van der Waals surface area contributed by atoms with Crippen LogP contribution < -0.4 is 9.47 Å². The first-order valence-corrected chi connectivity index (χ1v) is 5.99. The molecule has 0 saturated carbocycles. The van der Waals surface area contributed by atoms with Crippen molar-refractivity contribution in [3.8, 4) is 11.5 Å². The predicted octanol–water partition coefficient (Wildman–Crippen LogP) is 1.62. The molecular weight excluding hydrogens is 248 g/mol. The summed E-state index contributed by atoms with van der Waals surface area (Å²) in [7, 11) is 4.35. The molecule has 0 saturated heterocycles. The first-order chi connectivity index (χ1) is 9.12. The van der Waals surface area contributed by atoms with Gasteiger partial charge < -0.3 is 14.2 Å². The number of benzene rings is 1. The van der Waals surface area contributed by atoms with Crippen LogP contribution in [0, 0.1) is 5.92 Å². The highest BCUT2D eigenvalue weighted by Crippen LogP contribution is 2.35. The third kappa shape index (κ3) is 2.28. The number of carbonyl (C=O) groups is 2. The lowest BCUT2D eigenvalue weighted by molar-refractivity contribution is -0.143. The van der Waals surface area contributed by atoms with Gasteiger partial charge in [0.2, 0.25) is 0 Å². The molecule has 1 aliphatic rings. The summed E-state index contributed by atoms with van der Waals surface area (Å²) >= 11 is 0. The first kappa shape index (κ1) is 13.4. The van der Waals surface area contributed by atoms with Crippen molar-refractivity contribution < 1.29 is 23.8 Å². The van der Waals surface area contributed by atoms with E-state index in [1.165, 1.54) is 14.2 Å². The Bertz CT molecular complexity index is 521. The Kier molecular flexibility index (Phi) is 3.74. The quantitative estimate of drug-likeness (QED) is 0.613. The molecule has 5 heteroatoms. The topological polar surface area (TPSA) is 61.8 Å². The zero-order valence-corrected chi connectivity index (χ0v) is 11.2. The highest BCUT2D eigenvalue weighted by molar-refractivity contribution is 6.10. The molecule has 0 N–H and O–H groups in total. The average molecular weight is 264 g/mol. The molecule has 0 radical (unpaired) electrons. The van der Waals surface area contributed by atoms with Crippen LogP contribution in [0.4, 0.5) is 0 Å². The van der Waals surface area contributed by atoms with E-state index < -0.39 is 11.9 Å². The second-order valence-corrected chi connectivity index (χ2v) is 4.34. The van der Waals surface area contributed by atoms with Crippen molar-refractivity contribution >= 4 is 11.8 Å². The summed E-state index contributed by atoms with van der Waals surface area (Å²) in [6.45, 7) is 0. The number of Topliss-reactive ketones (excluding diaryl/α,β-unsaturated/α-hetero) is 1. The van der Waals surface area contributed by atoms with Crippen molar-refractivity contribution in [3.63, 3.8) is 0 Å². The lowest BCUT2D eigenvalue weighted by Gasteiger charge is -2.22. The molecule has 1 aliphatic carbocycles. The van der Waals surface area contributed by atoms with E-state index in [1.54, 1.807) is 19.2 Å². The van der Waals surface area contributed by atoms with Gasteiger partial charge in [0.25, 0.3) is 0 Å². The summed E-state index contributed by atoms with van der Waals surface area (Å²) in [5.74, 6) is -0.333. The molecule has 0 aliphatic heterocycles. The fourth-order valence-corrected chi connectivity index (χ4v) is 2.34. The summed E-state index contributed by atoms with van der Waals surface area (Å²) in [5.41, 5.74) is 1.39. The Morgan fingerprint density at radius 2 is 1.79 bits per heavy atom. The third-order valence-corrected chi connectivity index (χ3v) is 3.38. The standard InChI is InChI=1S/C14H16O5/c1-17-11-6-8-4-5-9(14(16)19-3)13(15)10(8)7-12(11)18-2/h6-7,9H,4-5H2,1-3H3/t9-/m1/s1. The number of methoxy groups -OCH3 is 3. The molecule has 0 fully saturated rings. The van der Waals surface area contributed by atoms with Gasteiger partial charge in [-0.3, -0.25) is 9.59 Å². The minimum Gasteiger partial charge on any atom is -0.493 e. The fraction of sp³-hybridized carbons (Fsp3) is 0.429. The summed E-state index contributed by atoms with van der Waals surface area (Å²) in [4.78, 5) is 23.9. The second-order valence-electron chi connectivity index (χ2n) is 4.34. The number of esters is 1. The van der Waals surface area contributed by atoms with E-state index in [1.807, 2.05) is 0 Å². The van der Waals surface area contributed by atoms with Gasteiger partial charge in [-0.1, -0.05) is 0 Å².